The summed E-state index contributed by atoms with van der Waals surface area (Å²) in [7, 11) is 0. The molecule has 1 saturated carbocycles. The number of thiophene rings is 1. The number of guanidine groups is 1. The number of nitrogens with zero attached hydrogens (tertiary/aromatic N) is 2. The lowest BCUT2D eigenvalue weighted by atomic mass is 9.96. The zero-order valence-corrected chi connectivity index (χ0v) is 20.7. The van der Waals surface area contributed by atoms with Gasteiger partial charge in [0.25, 0.3) is 0 Å². The van der Waals surface area contributed by atoms with Gasteiger partial charge in [-0.1, -0.05) is 30.3 Å². The van der Waals surface area contributed by atoms with E-state index in [1.165, 1.54) is 28.8 Å². The molecule has 1 fully saturated rings. The van der Waals surface area contributed by atoms with Crippen molar-refractivity contribution in [3.05, 3.63) is 57.8 Å². The maximum atomic E-state index is 12.6. The van der Waals surface area contributed by atoms with Crippen LogP contribution in [0.5, 0.6) is 0 Å². The lowest BCUT2D eigenvalue weighted by molar-refractivity contribution is -0.131. The summed E-state index contributed by atoms with van der Waals surface area (Å²) in [6.45, 7) is 5.86. The summed E-state index contributed by atoms with van der Waals surface area (Å²) < 4.78 is 0. The van der Waals surface area contributed by atoms with Crippen LogP contribution in [0, 0.1) is 0 Å². The molecule has 0 saturated heterocycles. The number of carbonyl (C=O) groups is 1. The molecule has 1 aromatic carbocycles. The minimum Gasteiger partial charge on any atom is -0.357 e. The van der Waals surface area contributed by atoms with Crippen LogP contribution in [0.1, 0.15) is 42.2 Å². The van der Waals surface area contributed by atoms with Crippen LogP contribution in [-0.2, 0) is 23.2 Å². The van der Waals surface area contributed by atoms with Crippen molar-refractivity contribution in [3.63, 3.8) is 0 Å². The minimum absolute atomic E-state index is 0. The van der Waals surface area contributed by atoms with E-state index in [9.17, 15) is 4.79 Å². The summed E-state index contributed by atoms with van der Waals surface area (Å²) in [5, 5.41) is 8.79. The van der Waals surface area contributed by atoms with Gasteiger partial charge >= 0.3 is 0 Å². The van der Waals surface area contributed by atoms with E-state index in [1.807, 2.05) is 4.90 Å². The summed E-state index contributed by atoms with van der Waals surface area (Å²) in [6, 6.07) is 12.8. The fourth-order valence-corrected chi connectivity index (χ4v) is 4.85. The SMILES string of the molecule is CCNC(=NCC1(c2ccccc2)CC1)NCCC(=O)N1CCc2sccc2C1.I. The maximum absolute atomic E-state index is 12.6. The Kier molecular flexibility index (Phi) is 8.16. The number of hydrogen-bond acceptors (Lipinski definition) is 3. The van der Waals surface area contributed by atoms with Gasteiger partial charge in [-0.05, 0) is 48.8 Å². The molecule has 2 aliphatic rings. The second-order valence-corrected chi connectivity index (χ2v) is 8.95. The van der Waals surface area contributed by atoms with Gasteiger partial charge in [0.1, 0.15) is 0 Å². The minimum atomic E-state index is 0. The van der Waals surface area contributed by atoms with E-state index >= 15 is 0 Å². The summed E-state index contributed by atoms with van der Waals surface area (Å²) >= 11 is 1.80. The third-order valence-corrected chi connectivity index (χ3v) is 6.94. The van der Waals surface area contributed by atoms with Crippen LogP contribution in [0.4, 0.5) is 0 Å². The van der Waals surface area contributed by atoms with E-state index in [4.69, 9.17) is 4.99 Å². The fourth-order valence-electron chi connectivity index (χ4n) is 3.96. The van der Waals surface area contributed by atoms with Gasteiger partial charge in [-0.3, -0.25) is 9.79 Å². The first-order valence-electron chi connectivity index (χ1n) is 10.6. The zero-order chi connectivity index (χ0) is 20.1. The lowest BCUT2D eigenvalue weighted by Crippen LogP contribution is -2.41. The zero-order valence-electron chi connectivity index (χ0n) is 17.5. The monoisotopic (exact) mass is 538 g/mol. The summed E-state index contributed by atoms with van der Waals surface area (Å²) in [5.74, 6) is 1.02. The van der Waals surface area contributed by atoms with Crippen LogP contribution >= 0.6 is 35.3 Å². The molecule has 1 aromatic heterocycles. The highest BCUT2D eigenvalue weighted by molar-refractivity contribution is 14.0. The van der Waals surface area contributed by atoms with Crippen molar-refractivity contribution in [2.45, 2.75) is 44.6 Å². The highest BCUT2D eigenvalue weighted by Crippen LogP contribution is 2.48. The van der Waals surface area contributed by atoms with Crippen LogP contribution in [0.2, 0.25) is 0 Å². The van der Waals surface area contributed by atoms with Crippen LogP contribution in [0.3, 0.4) is 0 Å². The predicted octanol–water partition coefficient (Wildman–Crippen LogP) is 3.93. The summed E-state index contributed by atoms with van der Waals surface area (Å²) in [4.78, 5) is 20.9. The first-order valence-corrected chi connectivity index (χ1v) is 11.5. The highest BCUT2D eigenvalue weighted by atomic mass is 127. The van der Waals surface area contributed by atoms with Crippen LogP contribution in [-0.4, -0.2) is 42.9 Å². The van der Waals surface area contributed by atoms with Gasteiger partial charge < -0.3 is 15.5 Å². The summed E-state index contributed by atoms with van der Waals surface area (Å²) in [5.41, 5.74) is 2.90. The fraction of sp³-hybridized carbons (Fsp3) is 0.478. The Morgan fingerprint density at radius 2 is 2.00 bits per heavy atom. The number of aliphatic imine (C=N–C) groups is 1. The Bertz CT molecular complexity index is 863. The number of halogens is 1. The first kappa shape index (κ1) is 23.1. The van der Waals surface area contributed by atoms with Crippen molar-refractivity contribution in [2.75, 3.05) is 26.2 Å². The van der Waals surface area contributed by atoms with Gasteiger partial charge in [-0.25, -0.2) is 0 Å². The van der Waals surface area contributed by atoms with E-state index in [2.05, 4.69) is 59.3 Å². The number of hydrogen-bond donors (Lipinski definition) is 2. The van der Waals surface area contributed by atoms with Gasteiger partial charge in [0.2, 0.25) is 5.91 Å². The van der Waals surface area contributed by atoms with Crippen molar-refractivity contribution in [1.82, 2.24) is 15.5 Å². The topological polar surface area (TPSA) is 56.7 Å². The molecule has 2 N–H and O–H groups in total. The van der Waals surface area contributed by atoms with E-state index in [0.717, 1.165) is 38.6 Å². The van der Waals surface area contributed by atoms with E-state index in [1.54, 1.807) is 11.3 Å². The molecule has 1 aliphatic heterocycles. The predicted molar refractivity (Wildman–Crippen MR) is 135 cm³/mol. The molecule has 1 amide bonds. The second kappa shape index (κ2) is 10.6. The van der Waals surface area contributed by atoms with Gasteiger partial charge in [0, 0.05) is 42.9 Å². The Balaban J connectivity index is 0.00000256. The van der Waals surface area contributed by atoms with Crippen molar-refractivity contribution < 1.29 is 4.79 Å². The summed E-state index contributed by atoms with van der Waals surface area (Å²) in [6.07, 6.45) is 3.86. The molecule has 2 heterocycles. The van der Waals surface area contributed by atoms with Crippen molar-refractivity contribution in [3.8, 4) is 0 Å². The highest BCUT2D eigenvalue weighted by Gasteiger charge is 2.43. The Morgan fingerprint density at radius 1 is 1.20 bits per heavy atom. The molecule has 4 rings (SSSR count). The molecule has 0 bridgehead atoms. The molecular weight excluding hydrogens is 507 g/mol. The number of amides is 1. The molecule has 5 nitrogen and oxygen atoms in total. The molecule has 1 aliphatic carbocycles. The molecule has 0 radical (unpaired) electrons. The normalized spacial score (nSPS) is 17.0. The van der Waals surface area contributed by atoms with E-state index in [0.29, 0.717) is 13.0 Å². The third kappa shape index (κ3) is 5.55. The molecule has 0 unspecified atom stereocenters. The smallest absolute Gasteiger partial charge is 0.224 e. The van der Waals surface area contributed by atoms with Crippen molar-refractivity contribution in [2.24, 2.45) is 4.99 Å². The number of rotatable bonds is 7. The Hall–Kier alpha value is -1.61. The van der Waals surface area contributed by atoms with Crippen molar-refractivity contribution in [1.29, 1.82) is 0 Å². The quantitative estimate of drug-likeness (QED) is 0.319. The van der Waals surface area contributed by atoms with Gasteiger partial charge in [0.15, 0.2) is 5.96 Å². The van der Waals surface area contributed by atoms with Gasteiger partial charge in [-0.15, -0.1) is 35.3 Å². The molecule has 162 valence electrons. The van der Waals surface area contributed by atoms with Gasteiger partial charge in [-0.2, -0.15) is 0 Å². The van der Waals surface area contributed by atoms with Gasteiger partial charge in [0.05, 0.1) is 6.54 Å². The second-order valence-electron chi connectivity index (χ2n) is 7.95. The van der Waals surface area contributed by atoms with Crippen LogP contribution in [0.25, 0.3) is 0 Å². The number of fused-ring (bicyclic) bond motifs is 1. The molecule has 0 spiro atoms. The van der Waals surface area contributed by atoms with Crippen molar-refractivity contribution >= 4 is 47.2 Å². The largest absolute Gasteiger partial charge is 0.357 e. The third-order valence-electron chi connectivity index (χ3n) is 5.92. The lowest BCUT2D eigenvalue weighted by Gasteiger charge is -2.27. The van der Waals surface area contributed by atoms with E-state index < -0.39 is 0 Å². The molecule has 7 heteroatoms. The first-order chi connectivity index (χ1) is 14.2. The maximum Gasteiger partial charge on any atom is 0.224 e. The average molecular weight is 538 g/mol. The molecule has 30 heavy (non-hydrogen) atoms. The molecule has 2 aromatic rings. The number of nitrogens with one attached hydrogen (secondary N) is 2. The standard InChI is InChI=1S/C23H30N4OS.HI/c1-2-24-22(26-17-23(11-12-23)19-6-4-3-5-7-19)25-13-8-21(28)27-14-9-20-18(16-27)10-15-29-20;/h3-7,10,15H,2,8-9,11-14,16-17H2,1H3,(H2,24,25,26);1H. The molecular formula is C23H31IN4OS. The van der Waals surface area contributed by atoms with Crippen LogP contribution in [0.15, 0.2) is 46.8 Å². The Morgan fingerprint density at radius 3 is 2.73 bits per heavy atom. The average Bonchev–Trinajstić information content (AvgIpc) is 3.40. The number of benzene rings is 1. The number of carbonyl (C=O) groups excluding carboxylic acids is 1. The van der Waals surface area contributed by atoms with Crippen LogP contribution < -0.4 is 10.6 Å². The van der Waals surface area contributed by atoms with E-state index in [-0.39, 0.29) is 35.3 Å². The Labute approximate surface area is 200 Å². The molecule has 0 atom stereocenters.